The van der Waals surface area contributed by atoms with Gasteiger partial charge >= 0.3 is 0 Å². The summed E-state index contributed by atoms with van der Waals surface area (Å²) in [6.07, 6.45) is 5.08. The van der Waals surface area contributed by atoms with Gasteiger partial charge in [-0.3, -0.25) is 0 Å². The van der Waals surface area contributed by atoms with E-state index in [-0.39, 0.29) is 12.4 Å². The number of hydrogen-bond donors (Lipinski definition) is 0. The molecule has 4 nitrogen and oxygen atoms in total. The fraction of sp³-hybridized carbons (Fsp3) is 0.273. The van der Waals surface area contributed by atoms with E-state index in [4.69, 9.17) is 33.2 Å². The van der Waals surface area contributed by atoms with E-state index >= 15 is 0 Å². The molecule has 0 unspecified atom stereocenters. The van der Waals surface area contributed by atoms with Crippen molar-refractivity contribution in [2.45, 2.75) is 6.42 Å². The summed E-state index contributed by atoms with van der Waals surface area (Å²) < 4.78 is 0. The summed E-state index contributed by atoms with van der Waals surface area (Å²) in [6, 6.07) is 13.7. The van der Waals surface area contributed by atoms with Crippen molar-refractivity contribution in [2.75, 3.05) is 39.1 Å². The van der Waals surface area contributed by atoms with E-state index in [1.54, 1.807) is 12.1 Å². The molecule has 29 heavy (non-hydrogen) atoms. The summed E-state index contributed by atoms with van der Waals surface area (Å²) in [5.41, 5.74) is 3.38. The van der Waals surface area contributed by atoms with Crippen molar-refractivity contribution < 1.29 is 0 Å². The first-order valence-corrected chi connectivity index (χ1v) is 9.95. The summed E-state index contributed by atoms with van der Waals surface area (Å²) in [7, 11) is 6.20. The van der Waals surface area contributed by atoms with Crippen molar-refractivity contribution >= 4 is 64.6 Å². The van der Waals surface area contributed by atoms with Crippen LogP contribution in [0.4, 0.5) is 5.82 Å². The molecule has 0 aliphatic rings. The minimum Gasteiger partial charge on any atom is -0.358 e. The third-order valence-corrected chi connectivity index (χ3v) is 5.13. The first-order valence-electron chi connectivity index (χ1n) is 9.20. The molecule has 0 radical (unpaired) electrons. The quantitative estimate of drug-likeness (QED) is 0.446. The van der Waals surface area contributed by atoms with E-state index in [0.29, 0.717) is 10.0 Å². The lowest BCUT2D eigenvalue weighted by atomic mass is 10.2. The van der Waals surface area contributed by atoms with E-state index < -0.39 is 0 Å². The van der Waals surface area contributed by atoms with Crippen LogP contribution >= 0.6 is 35.6 Å². The lowest BCUT2D eigenvalue weighted by Gasteiger charge is -2.21. The zero-order valence-electron chi connectivity index (χ0n) is 16.8. The second kappa shape index (κ2) is 10.8. The Hall–Kier alpha value is -1.85. The summed E-state index contributed by atoms with van der Waals surface area (Å²) >= 11 is 12.4. The average Bonchev–Trinajstić information content (AvgIpc) is 2.67. The Morgan fingerprint density at radius 1 is 0.862 bits per heavy atom. The van der Waals surface area contributed by atoms with Gasteiger partial charge in [0.2, 0.25) is 0 Å². The fourth-order valence-corrected chi connectivity index (χ4v) is 3.23. The monoisotopic (exact) mass is 450 g/mol. The predicted molar refractivity (Wildman–Crippen MR) is 129 cm³/mol. The molecule has 0 atom stereocenters. The first kappa shape index (κ1) is 23.4. The van der Waals surface area contributed by atoms with Crippen LogP contribution in [0.2, 0.25) is 10.0 Å². The number of fused-ring (bicyclic) bond motifs is 1. The topological polar surface area (TPSA) is 32.3 Å². The van der Waals surface area contributed by atoms with Crippen molar-refractivity contribution in [1.29, 1.82) is 0 Å². The van der Waals surface area contributed by atoms with Crippen LogP contribution in [0.25, 0.3) is 23.2 Å². The molecule has 0 spiro atoms. The number of rotatable bonds is 7. The Labute approximate surface area is 188 Å². The van der Waals surface area contributed by atoms with Gasteiger partial charge in [-0.15, -0.1) is 12.4 Å². The smallest absolute Gasteiger partial charge is 0.155 e. The van der Waals surface area contributed by atoms with Crippen LogP contribution in [-0.4, -0.2) is 49.1 Å². The fourth-order valence-electron chi connectivity index (χ4n) is 2.92. The minimum absolute atomic E-state index is 0. The zero-order chi connectivity index (χ0) is 20.1. The van der Waals surface area contributed by atoms with Crippen LogP contribution < -0.4 is 4.90 Å². The molecule has 1 heterocycles. The molecule has 3 rings (SSSR count). The van der Waals surface area contributed by atoms with Crippen molar-refractivity contribution in [2.24, 2.45) is 0 Å². The maximum Gasteiger partial charge on any atom is 0.155 e. The number of anilines is 1. The minimum atomic E-state index is 0. The van der Waals surface area contributed by atoms with E-state index in [9.17, 15) is 0 Å². The number of nitrogens with zero attached hydrogens (tertiary/aromatic N) is 4. The molecule has 3 aromatic rings. The number of halogens is 3. The molecular formula is C22H25Cl3N4. The Balaban J connectivity index is 0.00000300. The molecule has 0 bridgehead atoms. The van der Waals surface area contributed by atoms with Gasteiger partial charge in [-0.2, -0.15) is 0 Å². The van der Waals surface area contributed by atoms with Gasteiger partial charge in [0.15, 0.2) is 5.82 Å². The highest BCUT2D eigenvalue weighted by Gasteiger charge is 2.13. The van der Waals surface area contributed by atoms with Crippen molar-refractivity contribution in [3.05, 3.63) is 63.8 Å². The molecule has 0 aliphatic carbocycles. The lowest BCUT2D eigenvalue weighted by molar-refractivity contribution is 0.401. The van der Waals surface area contributed by atoms with Crippen LogP contribution in [0.5, 0.6) is 0 Å². The van der Waals surface area contributed by atoms with Crippen LogP contribution in [0.1, 0.15) is 17.7 Å². The molecule has 2 aromatic carbocycles. The van der Waals surface area contributed by atoms with Gasteiger partial charge in [-0.25, -0.2) is 9.97 Å². The highest BCUT2D eigenvalue weighted by molar-refractivity contribution is 6.42. The molecule has 0 aliphatic heterocycles. The molecule has 0 N–H and O–H groups in total. The van der Waals surface area contributed by atoms with Crippen LogP contribution in [-0.2, 0) is 0 Å². The summed E-state index contributed by atoms with van der Waals surface area (Å²) in [4.78, 5) is 14.0. The molecule has 0 saturated carbocycles. The van der Waals surface area contributed by atoms with Gasteiger partial charge in [0, 0.05) is 13.6 Å². The molecular weight excluding hydrogens is 427 g/mol. The average molecular weight is 452 g/mol. The largest absolute Gasteiger partial charge is 0.358 e. The third-order valence-electron chi connectivity index (χ3n) is 4.41. The summed E-state index contributed by atoms with van der Waals surface area (Å²) in [5, 5.41) is 0.964. The Kier molecular flexibility index (Phi) is 8.72. The third kappa shape index (κ3) is 6.31. The van der Waals surface area contributed by atoms with Gasteiger partial charge in [0.25, 0.3) is 0 Å². The second-order valence-corrected chi connectivity index (χ2v) is 7.82. The predicted octanol–water partition coefficient (Wildman–Crippen LogP) is 5.92. The maximum atomic E-state index is 6.19. The van der Waals surface area contributed by atoms with E-state index in [1.807, 2.05) is 37.4 Å². The van der Waals surface area contributed by atoms with Crippen molar-refractivity contribution in [3.63, 3.8) is 0 Å². The van der Waals surface area contributed by atoms with Crippen LogP contribution in [0.15, 0.2) is 42.5 Å². The Morgan fingerprint density at radius 2 is 1.48 bits per heavy atom. The van der Waals surface area contributed by atoms with Crippen LogP contribution in [0, 0.1) is 0 Å². The summed E-state index contributed by atoms with van der Waals surface area (Å²) in [5.74, 6) is 0.830. The zero-order valence-corrected chi connectivity index (χ0v) is 19.1. The number of hydrogen-bond acceptors (Lipinski definition) is 4. The van der Waals surface area contributed by atoms with E-state index in [0.717, 1.165) is 47.6 Å². The molecule has 0 saturated heterocycles. The van der Waals surface area contributed by atoms with E-state index in [1.165, 1.54) is 0 Å². The first-order chi connectivity index (χ1) is 13.4. The standard InChI is InChI=1S/C22H24Cl2N4.ClH/c1-27(2)12-7-13-28(3)22-19(11-10-16-8-5-4-6-9-16)25-20-14-17(23)18(24)15-21(20)26-22;/h4-6,8-11,14-15H,7,12-13H2,1-3H3;1H/b11-10+;. The van der Waals surface area contributed by atoms with Gasteiger partial charge in [0.05, 0.1) is 21.1 Å². The van der Waals surface area contributed by atoms with E-state index in [2.05, 4.69) is 36.0 Å². The highest BCUT2D eigenvalue weighted by atomic mass is 35.5. The number of aromatic nitrogens is 2. The Bertz CT molecular complexity index is 975. The molecule has 0 amide bonds. The highest BCUT2D eigenvalue weighted by Crippen LogP contribution is 2.29. The molecule has 7 heteroatoms. The maximum absolute atomic E-state index is 6.19. The molecule has 0 fully saturated rings. The van der Waals surface area contributed by atoms with Crippen molar-refractivity contribution in [1.82, 2.24) is 14.9 Å². The summed E-state index contributed by atoms with van der Waals surface area (Å²) in [6.45, 7) is 1.90. The van der Waals surface area contributed by atoms with Gasteiger partial charge < -0.3 is 9.80 Å². The normalized spacial score (nSPS) is 11.2. The molecule has 1 aromatic heterocycles. The lowest BCUT2D eigenvalue weighted by Crippen LogP contribution is -2.25. The van der Waals surface area contributed by atoms with Crippen molar-refractivity contribution in [3.8, 4) is 0 Å². The van der Waals surface area contributed by atoms with Crippen LogP contribution in [0.3, 0.4) is 0 Å². The van der Waals surface area contributed by atoms with Gasteiger partial charge in [0.1, 0.15) is 5.69 Å². The molecule has 154 valence electrons. The SMILES string of the molecule is CN(C)CCCN(C)c1nc2cc(Cl)c(Cl)cc2nc1/C=C/c1ccccc1.Cl. The van der Waals surface area contributed by atoms with Gasteiger partial charge in [-0.05, 0) is 50.8 Å². The number of benzene rings is 2. The Morgan fingerprint density at radius 3 is 2.10 bits per heavy atom. The second-order valence-electron chi connectivity index (χ2n) is 7.01. The van der Waals surface area contributed by atoms with Gasteiger partial charge in [-0.1, -0.05) is 59.6 Å².